The molecule has 23 heavy (non-hydrogen) atoms. The fraction of sp³-hybridized carbons (Fsp3) is 0.100. The summed E-state index contributed by atoms with van der Waals surface area (Å²) in [6, 6.07) is 23.3. The van der Waals surface area contributed by atoms with Crippen LogP contribution < -0.4 is 15.2 Å². The average molecular weight is 305 g/mol. The number of nitrogen functional groups attached to an aromatic ring is 1. The Hall–Kier alpha value is -2.94. The molecule has 2 N–H and O–H groups in total. The van der Waals surface area contributed by atoms with Gasteiger partial charge in [-0.3, -0.25) is 0 Å². The van der Waals surface area contributed by atoms with E-state index in [2.05, 4.69) is 6.92 Å². The van der Waals surface area contributed by atoms with Gasteiger partial charge in [0.25, 0.3) is 0 Å². The molecule has 116 valence electrons. The van der Waals surface area contributed by atoms with Crippen LogP contribution in [-0.4, -0.2) is 0 Å². The van der Waals surface area contributed by atoms with E-state index in [0.29, 0.717) is 6.61 Å². The molecule has 3 aromatic carbocycles. The standard InChI is InChI=1S/C20H19NO2/c1-15-8-10-18(11-9-15)23-20-7-3-6-19(13-20)22-14-16-4-2-5-17(21)12-16/h2-13H,14,21H2,1H3. The van der Waals surface area contributed by atoms with Gasteiger partial charge >= 0.3 is 0 Å². The van der Waals surface area contributed by atoms with E-state index in [1.54, 1.807) is 0 Å². The molecule has 0 amide bonds. The van der Waals surface area contributed by atoms with E-state index in [9.17, 15) is 0 Å². The number of rotatable bonds is 5. The van der Waals surface area contributed by atoms with Crippen LogP contribution in [0.1, 0.15) is 11.1 Å². The van der Waals surface area contributed by atoms with Gasteiger partial charge in [-0.1, -0.05) is 35.9 Å². The van der Waals surface area contributed by atoms with Gasteiger partial charge in [0.2, 0.25) is 0 Å². The Balaban J connectivity index is 1.66. The fourth-order valence-corrected chi connectivity index (χ4v) is 2.22. The van der Waals surface area contributed by atoms with Crippen molar-refractivity contribution >= 4 is 5.69 Å². The van der Waals surface area contributed by atoms with E-state index in [-0.39, 0.29) is 0 Å². The summed E-state index contributed by atoms with van der Waals surface area (Å²) in [7, 11) is 0. The number of hydrogen-bond donors (Lipinski definition) is 1. The largest absolute Gasteiger partial charge is 0.489 e. The lowest BCUT2D eigenvalue weighted by Gasteiger charge is -2.10. The highest BCUT2D eigenvalue weighted by molar-refractivity contribution is 5.41. The third-order valence-electron chi connectivity index (χ3n) is 3.42. The molecule has 3 heteroatoms. The smallest absolute Gasteiger partial charge is 0.131 e. The third-order valence-corrected chi connectivity index (χ3v) is 3.42. The van der Waals surface area contributed by atoms with E-state index in [4.69, 9.17) is 15.2 Å². The lowest BCUT2D eigenvalue weighted by Crippen LogP contribution is -1.96. The summed E-state index contributed by atoms with van der Waals surface area (Å²) in [6.07, 6.45) is 0. The van der Waals surface area contributed by atoms with Crippen molar-refractivity contribution in [2.24, 2.45) is 0 Å². The predicted molar refractivity (Wildman–Crippen MR) is 92.9 cm³/mol. The van der Waals surface area contributed by atoms with Gasteiger partial charge in [0.05, 0.1) is 0 Å². The van der Waals surface area contributed by atoms with Gasteiger partial charge in [-0.15, -0.1) is 0 Å². The minimum atomic E-state index is 0.471. The molecular weight excluding hydrogens is 286 g/mol. The molecule has 0 saturated carbocycles. The minimum absolute atomic E-state index is 0.471. The van der Waals surface area contributed by atoms with Crippen molar-refractivity contribution in [2.75, 3.05) is 5.73 Å². The molecule has 0 unspecified atom stereocenters. The summed E-state index contributed by atoms with van der Waals surface area (Å²) in [5, 5.41) is 0. The molecule has 3 nitrogen and oxygen atoms in total. The topological polar surface area (TPSA) is 44.5 Å². The molecule has 0 radical (unpaired) electrons. The maximum atomic E-state index is 5.85. The molecule has 0 aliphatic heterocycles. The highest BCUT2D eigenvalue weighted by atomic mass is 16.5. The first kappa shape index (κ1) is 15.0. The van der Waals surface area contributed by atoms with Crippen molar-refractivity contribution in [1.82, 2.24) is 0 Å². The van der Waals surface area contributed by atoms with Gasteiger partial charge in [-0.25, -0.2) is 0 Å². The van der Waals surface area contributed by atoms with Crippen molar-refractivity contribution in [3.8, 4) is 17.2 Å². The van der Waals surface area contributed by atoms with E-state index in [1.807, 2.05) is 72.8 Å². The molecule has 0 atom stereocenters. The van der Waals surface area contributed by atoms with Crippen molar-refractivity contribution in [1.29, 1.82) is 0 Å². The van der Waals surface area contributed by atoms with Crippen LogP contribution >= 0.6 is 0 Å². The zero-order chi connectivity index (χ0) is 16.1. The number of hydrogen-bond acceptors (Lipinski definition) is 3. The Morgan fingerprint density at radius 1 is 0.783 bits per heavy atom. The van der Waals surface area contributed by atoms with Crippen molar-refractivity contribution < 1.29 is 9.47 Å². The first-order valence-corrected chi connectivity index (χ1v) is 7.51. The summed E-state index contributed by atoms with van der Waals surface area (Å²) >= 11 is 0. The van der Waals surface area contributed by atoms with Gasteiger partial charge in [-0.05, 0) is 48.9 Å². The molecular formula is C20H19NO2. The third kappa shape index (κ3) is 4.27. The Kier molecular flexibility index (Phi) is 4.48. The van der Waals surface area contributed by atoms with Crippen LogP contribution in [-0.2, 0) is 6.61 Å². The monoisotopic (exact) mass is 305 g/mol. The fourth-order valence-electron chi connectivity index (χ4n) is 2.22. The van der Waals surface area contributed by atoms with E-state index in [1.165, 1.54) is 5.56 Å². The van der Waals surface area contributed by atoms with Gasteiger partial charge in [0.15, 0.2) is 0 Å². The molecule has 0 saturated heterocycles. The number of benzene rings is 3. The van der Waals surface area contributed by atoms with Crippen molar-refractivity contribution in [2.45, 2.75) is 13.5 Å². The average Bonchev–Trinajstić information content (AvgIpc) is 2.56. The first-order valence-electron chi connectivity index (χ1n) is 7.51. The predicted octanol–water partition coefficient (Wildman–Crippen LogP) is 4.95. The molecule has 0 aromatic heterocycles. The summed E-state index contributed by atoms with van der Waals surface area (Å²) in [4.78, 5) is 0. The van der Waals surface area contributed by atoms with Crippen molar-refractivity contribution in [3.63, 3.8) is 0 Å². The van der Waals surface area contributed by atoms with E-state index < -0.39 is 0 Å². The van der Waals surface area contributed by atoms with Gasteiger partial charge in [0.1, 0.15) is 23.9 Å². The second-order valence-corrected chi connectivity index (χ2v) is 5.42. The number of nitrogens with two attached hydrogens (primary N) is 1. The van der Waals surface area contributed by atoms with Gasteiger partial charge < -0.3 is 15.2 Å². The summed E-state index contributed by atoms with van der Waals surface area (Å²) < 4.78 is 11.7. The number of anilines is 1. The number of aryl methyl sites for hydroxylation is 1. The zero-order valence-corrected chi connectivity index (χ0v) is 13.0. The van der Waals surface area contributed by atoms with E-state index >= 15 is 0 Å². The second kappa shape index (κ2) is 6.88. The quantitative estimate of drug-likeness (QED) is 0.678. The Morgan fingerprint density at radius 3 is 2.30 bits per heavy atom. The Bertz CT molecular complexity index is 782. The summed E-state index contributed by atoms with van der Waals surface area (Å²) in [5.74, 6) is 2.32. The van der Waals surface area contributed by atoms with Crippen LogP contribution in [0.3, 0.4) is 0 Å². The highest BCUT2D eigenvalue weighted by Crippen LogP contribution is 2.26. The molecule has 0 aliphatic rings. The molecule has 3 aromatic rings. The lowest BCUT2D eigenvalue weighted by molar-refractivity contribution is 0.305. The van der Waals surface area contributed by atoms with Crippen LogP contribution in [0.25, 0.3) is 0 Å². The van der Waals surface area contributed by atoms with E-state index in [0.717, 1.165) is 28.5 Å². The molecule has 0 aliphatic carbocycles. The Morgan fingerprint density at radius 2 is 1.52 bits per heavy atom. The SMILES string of the molecule is Cc1ccc(Oc2cccc(OCc3cccc(N)c3)c2)cc1. The zero-order valence-electron chi connectivity index (χ0n) is 13.0. The molecule has 0 bridgehead atoms. The van der Waals surface area contributed by atoms with Gasteiger partial charge in [0, 0.05) is 11.8 Å². The molecule has 3 rings (SSSR count). The van der Waals surface area contributed by atoms with Crippen LogP contribution in [0.2, 0.25) is 0 Å². The summed E-state index contributed by atoms with van der Waals surface area (Å²) in [6.45, 7) is 2.52. The molecule has 0 spiro atoms. The molecule has 0 fully saturated rings. The van der Waals surface area contributed by atoms with Crippen LogP contribution in [0.15, 0.2) is 72.8 Å². The number of ether oxygens (including phenoxy) is 2. The highest BCUT2D eigenvalue weighted by Gasteiger charge is 2.01. The van der Waals surface area contributed by atoms with Crippen LogP contribution in [0.5, 0.6) is 17.2 Å². The maximum absolute atomic E-state index is 5.85. The van der Waals surface area contributed by atoms with Crippen LogP contribution in [0.4, 0.5) is 5.69 Å². The van der Waals surface area contributed by atoms with Gasteiger partial charge in [-0.2, -0.15) is 0 Å². The molecule has 0 heterocycles. The summed E-state index contributed by atoms with van der Waals surface area (Å²) in [5.41, 5.74) is 8.75. The Labute approximate surface area is 136 Å². The minimum Gasteiger partial charge on any atom is -0.489 e. The normalized spacial score (nSPS) is 10.3. The first-order chi connectivity index (χ1) is 11.2. The lowest BCUT2D eigenvalue weighted by atomic mass is 10.2. The second-order valence-electron chi connectivity index (χ2n) is 5.42. The van der Waals surface area contributed by atoms with Crippen molar-refractivity contribution in [3.05, 3.63) is 83.9 Å². The van der Waals surface area contributed by atoms with Crippen LogP contribution in [0, 0.1) is 6.92 Å². The maximum Gasteiger partial charge on any atom is 0.131 e.